The average Bonchev–Trinajstić information content (AvgIpc) is 3.01. The molecule has 1 aliphatic heterocycles. The minimum atomic E-state index is -0.396. The van der Waals surface area contributed by atoms with Crippen LogP contribution in [-0.4, -0.2) is 19.9 Å². The second-order valence-electron chi connectivity index (χ2n) is 10.3. The van der Waals surface area contributed by atoms with Gasteiger partial charge in [0.15, 0.2) is 17.5 Å². The second-order valence-corrected chi connectivity index (χ2v) is 10.3. The molecule has 192 valence electrons. The van der Waals surface area contributed by atoms with Crippen molar-refractivity contribution in [2.24, 2.45) is 0 Å². The number of hydrogen-bond donors (Lipinski definition) is 0. The Hall–Kier alpha value is -5.16. The van der Waals surface area contributed by atoms with Crippen LogP contribution in [0.2, 0.25) is 0 Å². The molecular weight excluding hydrogens is 492 g/mol. The van der Waals surface area contributed by atoms with E-state index in [2.05, 4.69) is 85.6 Å². The maximum Gasteiger partial charge on any atom is 0.182 e. The van der Waals surface area contributed by atoms with Crippen molar-refractivity contribution in [1.29, 1.82) is 0 Å². The van der Waals surface area contributed by atoms with E-state index in [1.807, 2.05) is 48.5 Å². The van der Waals surface area contributed by atoms with E-state index >= 15 is 0 Å². The first-order chi connectivity index (χ1) is 19.5. The minimum absolute atomic E-state index is 0.396. The number of aromatic nitrogens is 4. The summed E-state index contributed by atoms with van der Waals surface area (Å²) in [4.78, 5) is 18.8. The summed E-state index contributed by atoms with van der Waals surface area (Å²) in [5, 5.41) is 0. The van der Waals surface area contributed by atoms with Gasteiger partial charge in [0.25, 0.3) is 0 Å². The lowest BCUT2D eigenvalue weighted by Crippen LogP contribution is -2.29. The standard InChI is InChI=1S/C35H26N4O/c1-35(2)29-13-7-6-12-27(29)28-20-19-26(22-31(28)40-35)23-15-17-25(18-16-23)33-37-32(24-10-4-3-5-11-24)38-34(39-33)30-14-8-9-21-36-30/h3-22H,1-2H3. The first-order valence-electron chi connectivity index (χ1n) is 13.3. The van der Waals surface area contributed by atoms with E-state index in [4.69, 9.17) is 19.7 Å². The van der Waals surface area contributed by atoms with Crippen molar-refractivity contribution in [3.8, 4) is 62.3 Å². The van der Waals surface area contributed by atoms with Gasteiger partial charge in [-0.1, -0.05) is 97.1 Å². The fraction of sp³-hybridized carbons (Fsp3) is 0.0857. The maximum atomic E-state index is 6.48. The van der Waals surface area contributed by atoms with Gasteiger partial charge >= 0.3 is 0 Å². The summed E-state index contributed by atoms with van der Waals surface area (Å²) in [6.45, 7) is 4.24. The molecule has 7 rings (SSSR count). The van der Waals surface area contributed by atoms with Gasteiger partial charge in [-0.3, -0.25) is 4.98 Å². The Balaban J connectivity index is 1.26. The van der Waals surface area contributed by atoms with E-state index < -0.39 is 5.60 Å². The Morgan fingerprint density at radius 2 is 1.15 bits per heavy atom. The summed E-state index contributed by atoms with van der Waals surface area (Å²) in [5.74, 6) is 2.66. The molecule has 3 heterocycles. The van der Waals surface area contributed by atoms with E-state index in [1.54, 1.807) is 6.20 Å². The highest BCUT2D eigenvalue weighted by molar-refractivity contribution is 5.81. The Labute approximate surface area is 233 Å². The van der Waals surface area contributed by atoms with Crippen LogP contribution in [0.1, 0.15) is 19.4 Å². The van der Waals surface area contributed by atoms with Crippen LogP contribution in [0, 0.1) is 0 Å². The molecule has 5 nitrogen and oxygen atoms in total. The smallest absolute Gasteiger partial charge is 0.182 e. The van der Waals surface area contributed by atoms with Gasteiger partial charge in [0.2, 0.25) is 0 Å². The largest absolute Gasteiger partial charge is 0.482 e. The molecule has 0 saturated heterocycles. The van der Waals surface area contributed by atoms with Gasteiger partial charge in [-0.25, -0.2) is 15.0 Å². The summed E-state index contributed by atoms with van der Waals surface area (Å²) in [6.07, 6.45) is 1.75. The fourth-order valence-electron chi connectivity index (χ4n) is 5.22. The Bertz CT molecular complexity index is 1770. The van der Waals surface area contributed by atoms with Crippen LogP contribution in [0.3, 0.4) is 0 Å². The van der Waals surface area contributed by atoms with Gasteiger partial charge in [-0.05, 0) is 48.7 Å². The summed E-state index contributed by atoms with van der Waals surface area (Å²) in [6, 6.07) is 38.9. The number of benzene rings is 4. The van der Waals surface area contributed by atoms with Crippen molar-refractivity contribution >= 4 is 0 Å². The molecule has 0 aliphatic carbocycles. The third kappa shape index (κ3) is 4.31. The van der Waals surface area contributed by atoms with Gasteiger partial charge in [0, 0.05) is 28.5 Å². The lowest BCUT2D eigenvalue weighted by atomic mass is 9.85. The Morgan fingerprint density at radius 1 is 0.525 bits per heavy atom. The molecule has 1 aliphatic rings. The van der Waals surface area contributed by atoms with Crippen LogP contribution in [0.5, 0.6) is 5.75 Å². The fourth-order valence-corrected chi connectivity index (χ4v) is 5.22. The van der Waals surface area contributed by atoms with E-state index in [0.29, 0.717) is 23.2 Å². The third-order valence-corrected chi connectivity index (χ3v) is 7.25. The molecule has 0 spiro atoms. The molecule has 0 atom stereocenters. The molecular formula is C35H26N4O. The second kappa shape index (κ2) is 9.54. The minimum Gasteiger partial charge on any atom is -0.482 e. The predicted molar refractivity (Wildman–Crippen MR) is 158 cm³/mol. The third-order valence-electron chi connectivity index (χ3n) is 7.25. The zero-order valence-corrected chi connectivity index (χ0v) is 22.2. The molecule has 5 heteroatoms. The van der Waals surface area contributed by atoms with Crippen molar-refractivity contribution in [3.05, 3.63) is 127 Å². The highest BCUT2D eigenvalue weighted by Crippen LogP contribution is 2.46. The quantitative estimate of drug-likeness (QED) is 0.235. The average molecular weight is 519 g/mol. The van der Waals surface area contributed by atoms with Crippen molar-refractivity contribution in [3.63, 3.8) is 0 Å². The number of ether oxygens (including phenoxy) is 1. The monoisotopic (exact) mass is 518 g/mol. The van der Waals surface area contributed by atoms with Crippen molar-refractivity contribution in [2.75, 3.05) is 0 Å². The molecule has 0 fully saturated rings. The van der Waals surface area contributed by atoms with E-state index in [1.165, 1.54) is 11.1 Å². The molecule has 4 aromatic carbocycles. The van der Waals surface area contributed by atoms with Crippen LogP contribution in [0.4, 0.5) is 0 Å². The van der Waals surface area contributed by atoms with Crippen molar-refractivity contribution in [2.45, 2.75) is 19.4 Å². The molecule has 6 aromatic rings. The number of nitrogens with zero attached hydrogens (tertiary/aromatic N) is 4. The molecule has 0 amide bonds. The van der Waals surface area contributed by atoms with Crippen molar-refractivity contribution < 1.29 is 4.74 Å². The zero-order chi connectivity index (χ0) is 27.1. The first-order valence-corrected chi connectivity index (χ1v) is 13.3. The lowest BCUT2D eigenvalue weighted by Gasteiger charge is -2.35. The highest BCUT2D eigenvalue weighted by Gasteiger charge is 2.32. The van der Waals surface area contributed by atoms with Crippen molar-refractivity contribution in [1.82, 2.24) is 19.9 Å². The van der Waals surface area contributed by atoms with E-state index in [-0.39, 0.29) is 0 Å². The van der Waals surface area contributed by atoms with Crippen LogP contribution >= 0.6 is 0 Å². The molecule has 0 radical (unpaired) electrons. The normalized spacial score (nSPS) is 13.2. The number of fused-ring (bicyclic) bond motifs is 3. The van der Waals surface area contributed by atoms with Gasteiger partial charge in [-0.2, -0.15) is 0 Å². The van der Waals surface area contributed by atoms with Crippen LogP contribution in [-0.2, 0) is 5.60 Å². The van der Waals surface area contributed by atoms with Crippen LogP contribution in [0.15, 0.2) is 121 Å². The number of pyridine rings is 1. The van der Waals surface area contributed by atoms with Gasteiger partial charge < -0.3 is 4.74 Å². The first kappa shape index (κ1) is 23.9. The van der Waals surface area contributed by atoms with Gasteiger partial charge in [0.1, 0.15) is 17.0 Å². The topological polar surface area (TPSA) is 60.8 Å². The lowest BCUT2D eigenvalue weighted by molar-refractivity contribution is 0.106. The zero-order valence-electron chi connectivity index (χ0n) is 22.2. The maximum absolute atomic E-state index is 6.48. The van der Waals surface area contributed by atoms with Crippen LogP contribution in [0.25, 0.3) is 56.5 Å². The van der Waals surface area contributed by atoms with Gasteiger partial charge in [0.05, 0.1) is 0 Å². The summed E-state index contributed by atoms with van der Waals surface area (Å²) in [5.41, 5.74) is 7.88. The Morgan fingerprint density at radius 3 is 1.90 bits per heavy atom. The molecule has 0 saturated carbocycles. The summed E-state index contributed by atoms with van der Waals surface area (Å²) >= 11 is 0. The molecule has 40 heavy (non-hydrogen) atoms. The number of rotatable bonds is 4. The van der Waals surface area contributed by atoms with E-state index in [0.717, 1.165) is 33.6 Å². The van der Waals surface area contributed by atoms with Crippen LogP contribution < -0.4 is 4.74 Å². The molecule has 0 bridgehead atoms. The highest BCUT2D eigenvalue weighted by atomic mass is 16.5. The number of hydrogen-bond acceptors (Lipinski definition) is 5. The summed E-state index contributed by atoms with van der Waals surface area (Å²) < 4.78 is 6.48. The van der Waals surface area contributed by atoms with Gasteiger partial charge in [-0.15, -0.1) is 0 Å². The SMILES string of the molecule is CC1(C)Oc2cc(-c3ccc(-c4nc(-c5ccccc5)nc(-c5ccccn5)n4)cc3)ccc2-c2ccccc21. The predicted octanol–water partition coefficient (Wildman–Crippen LogP) is 8.23. The molecule has 2 aromatic heterocycles. The molecule has 0 unspecified atom stereocenters. The Kier molecular flexibility index (Phi) is 5.71. The molecule has 0 N–H and O–H groups in total. The summed E-state index contributed by atoms with van der Waals surface area (Å²) in [7, 11) is 0. The van der Waals surface area contributed by atoms with E-state index in [9.17, 15) is 0 Å².